The van der Waals surface area contributed by atoms with Gasteiger partial charge in [0.15, 0.2) is 10.9 Å². The van der Waals surface area contributed by atoms with Crippen LogP contribution in [-0.4, -0.2) is 25.9 Å². The molecule has 168 valence electrons. The fraction of sp³-hybridized carbons (Fsp3) is 0.269. The molecule has 1 N–H and O–H groups in total. The minimum absolute atomic E-state index is 0.00973. The fourth-order valence-corrected chi connectivity index (χ4v) is 5.13. The van der Waals surface area contributed by atoms with Gasteiger partial charge in [0.25, 0.3) is 0 Å². The lowest BCUT2D eigenvalue weighted by atomic mass is 9.88. The average molecular weight is 459 g/mol. The smallest absolute Gasteiger partial charge is 0.233 e. The quantitative estimate of drug-likeness (QED) is 0.383. The summed E-state index contributed by atoms with van der Waals surface area (Å²) >= 11 is 1.42. The number of carbonyl (C=O) groups is 1. The van der Waals surface area contributed by atoms with Gasteiger partial charge in [0.1, 0.15) is 0 Å². The first-order valence-electron chi connectivity index (χ1n) is 11.2. The van der Waals surface area contributed by atoms with Crippen molar-refractivity contribution in [3.05, 3.63) is 89.7 Å². The Kier molecular flexibility index (Phi) is 6.30. The number of aryl methyl sites for hydroxylation is 1. The molecular formula is C26H26N4O2S. The van der Waals surface area contributed by atoms with Gasteiger partial charge in [-0.15, -0.1) is 10.2 Å². The molecule has 0 spiro atoms. The lowest BCUT2D eigenvalue weighted by molar-refractivity contribution is -0.121. The zero-order valence-corrected chi connectivity index (χ0v) is 19.3. The number of amides is 1. The predicted octanol–water partition coefficient (Wildman–Crippen LogP) is 5.26. The van der Waals surface area contributed by atoms with Gasteiger partial charge in [0.05, 0.1) is 24.1 Å². The highest BCUT2D eigenvalue weighted by Crippen LogP contribution is 2.31. The van der Waals surface area contributed by atoms with Crippen molar-refractivity contribution in [3.8, 4) is 11.6 Å². The van der Waals surface area contributed by atoms with Crippen LogP contribution in [0.15, 0.2) is 82.6 Å². The maximum atomic E-state index is 13.1. The van der Waals surface area contributed by atoms with Gasteiger partial charge in [-0.1, -0.05) is 66.4 Å². The summed E-state index contributed by atoms with van der Waals surface area (Å²) in [7, 11) is 0. The molecule has 0 radical (unpaired) electrons. The van der Waals surface area contributed by atoms with E-state index in [0.29, 0.717) is 23.3 Å². The first kappa shape index (κ1) is 21.5. The molecule has 2 aromatic carbocycles. The van der Waals surface area contributed by atoms with Crippen LogP contribution in [0.2, 0.25) is 0 Å². The minimum Gasteiger partial charge on any atom is -0.461 e. The summed E-state index contributed by atoms with van der Waals surface area (Å²) < 4.78 is 7.60. The third-order valence-electron chi connectivity index (χ3n) is 5.98. The number of benzene rings is 2. The van der Waals surface area contributed by atoms with Gasteiger partial charge in [-0.05, 0) is 55.0 Å². The Morgan fingerprint density at radius 1 is 1.12 bits per heavy atom. The van der Waals surface area contributed by atoms with Crippen LogP contribution in [0.3, 0.4) is 0 Å². The number of nitrogens with one attached hydrogen (secondary N) is 1. The van der Waals surface area contributed by atoms with Crippen molar-refractivity contribution in [2.75, 3.05) is 0 Å². The summed E-state index contributed by atoms with van der Waals surface area (Å²) in [6, 6.07) is 22.3. The summed E-state index contributed by atoms with van der Waals surface area (Å²) in [5.41, 5.74) is 3.70. The monoisotopic (exact) mass is 458 g/mol. The molecule has 4 aromatic rings. The molecule has 6 nitrogen and oxygen atoms in total. The van der Waals surface area contributed by atoms with E-state index in [9.17, 15) is 4.79 Å². The molecule has 0 aliphatic heterocycles. The van der Waals surface area contributed by atoms with Gasteiger partial charge in [0.2, 0.25) is 11.7 Å². The second kappa shape index (κ2) is 9.67. The molecule has 1 amide bonds. The summed E-state index contributed by atoms with van der Waals surface area (Å²) in [6.45, 7) is 2.51. The van der Waals surface area contributed by atoms with Crippen molar-refractivity contribution in [1.82, 2.24) is 20.1 Å². The van der Waals surface area contributed by atoms with E-state index in [0.717, 1.165) is 24.8 Å². The third-order valence-corrected chi connectivity index (χ3v) is 7.06. The molecule has 0 fully saturated rings. The lowest BCUT2D eigenvalue weighted by Gasteiger charge is -2.27. The molecule has 2 unspecified atom stereocenters. The Bertz CT molecular complexity index is 1220. The molecule has 5 rings (SSSR count). The Hall–Kier alpha value is -3.32. The average Bonchev–Trinajstić information content (AvgIpc) is 3.50. The van der Waals surface area contributed by atoms with E-state index < -0.39 is 0 Å². The molecule has 1 aliphatic rings. The molecule has 7 heteroatoms. The summed E-state index contributed by atoms with van der Waals surface area (Å²) in [4.78, 5) is 13.1. The maximum absolute atomic E-state index is 13.1. The Morgan fingerprint density at radius 3 is 2.76 bits per heavy atom. The number of furan rings is 1. The summed E-state index contributed by atoms with van der Waals surface area (Å²) in [5.74, 6) is 1.32. The van der Waals surface area contributed by atoms with Gasteiger partial charge in [-0.2, -0.15) is 0 Å². The highest BCUT2D eigenvalue weighted by Gasteiger charge is 2.26. The molecule has 1 aliphatic carbocycles. The Morgan fingerprint density at radius 2 is 1.94 bits per heavy atom. The standard InChI is InChI=1S/C26H26N4O2S/c1-18(25(31)27-22-14-7-12-20-11-5-6-13-21(20)22)33-26-29-28-24(23-15-8-16-32-23)30(26)17-19-9-3-2-4-10-19/h2-6,8-11,13,15-16,18,22H,7,12,14,17H2,1H3,(H,27,31). The van der Waals surface area contributed by atoms with E-state index in [1.807, 2.05) is 47.9 Å². The van der Waals surface area contributed by atoms with Crippen molar-refractivity contribution < 1.29 is 9.21 Å². The number of nitrogens with zero attached hydrogens (tertiary/aromatic N) is 3. The zero-order valence-electron chi connectivity index (χ0n) is 18.5. The number of thioether (sulfide) groups is 1. The second-order valence-corrected chi connectivity index (χ2v) is 9.58. The maximum Gasteiger partial charge on any atom is 0.233 e. The van der Waals surface area contributed by atoms with Gasteiger partial charge >= 0.3 is 0 Å². The molecular weight excluding hydrogens is 432 g/mol. The Labute approximate surface area is 197 Å². The molecule has 33 heavy (non-hydrogen) atoms. The number of carbonyl (C=O) groups excluding carboxylic acids is 1. The first-order chi connectivity index (χ1) is 16.2. The normalized spacial score (nSPS) is 16.2. The fourth-order valence-electron chi connectivity index (χ4n) is 4.28. The van der Waals surface area contributed by atoms with Gasteiger partial charge in [-0.3, -0.25) is 9.36 Å². The van der Waals surface area contributed by atoms with Gasteiger partial charge in [-0.25, -0.2) is 0 Å². The largest absolute Gasteiger partial charge is 0.461 e. The number of hydrogen-bond donors (Lipinski definition) is 1. The third kappa shape index (κ3) is 4.73. The van der Waals surface area contributed by atoms with Crippen LogP contribution in [0.1, 0.15) is 42.5 Å². The van der Waals surface area contributed by atoms with Crippen molar-refractivity contribution in [1.29, 1.82) is 0 Å². The molecule has 2 aromatic heterocycles. The van der Waals surface area contributed by atoms with Crippen LogP contribution in [0, 0.1) is 0 Å². The topological polar surface area (TPSA) is 73.0 Å². The van der Waals surface area contributed by atoms with E-state index in [-0.39, 0.29) is 17.2 Å². The van der Waals surface area contributed by atoms with Crippen LogP contribution in [0.25, 0.3) is 11.6 Å². The van der Waals surface area contributed by atoms with Crippen molar-refractivity contribution >= 4 is 17.7 Å². The number of aromatic nitrogens is 3. The number of fused-ring (bicyclic) bond motifs is 1. The van der Waals surface area contributed by atoms with E-state index in [2.05, 4.69) is 45.8 Å². The Balaban J connectivity index is 1.35. The van der Waals surface area contributed by atoms with Crippen molar-refractivity contribution in [3.63, 3.8) is 0 Å². The van der Waals surface area contributed by atoms with Crippen LogP contribution >= 0.6 is 11.8 Å². The minimum atomic E-state index is -0.317. The van der Waals surface area contributed by atoms with E-state index in [1.54, 1.807) is 6.26 Å². The van der Waals surface area contributed by atoms with Crippen LogP contribution < -0.4 is 5.32 Å². The molecule has 2 atom stereocenters. The molecule has 0 saturated heterocycles. The lowest BCUT2D eigenvalue weighted by Crippen LogP contribution is -2.36. The van der Waals surface area contributed by atoms with E-state index >= 15 is 0 Å². The van der Waals surface area contributed by atoms with Crippen LogP contribution in [-0.2, 0) is 17.8 Å². The zero-order chi connectivity index (χ0) is 22.6. The van der Waals surface area contributed by atoms with Gasteiger partial charge < -0.3 is 9.73 Å². The van der Waals surface area contributed by atoms with E-state index in [1.165, 1.54) is 22.9 Å². The van der Waals surface area contributed by atoms with Crippen molar-refractivity contribution in [2.45, 2.75) is 49.2 Å². The molecule has 0 saturated carbocycles. The van der Waals surface area contributed by atoms with Crippen LogP contribution in [0.5, 0.6) is 0 Å². The summed E-state index contributed by atoms with van der Waals surface area (Å²) in [6.07, 6.45) is 4.75. The van der Waals surface area contributed by atoms with Gasteiger partial charge in [0, 0.05) is 0 Å². The SMILES string of the molecule is CC(Sc1nnc(-c2ccco2)n1Cc1ccccc1)C(=O)NC1CCCc2ccccc21. The summed E-state index contributed by atoms with van der Waals surface area (Å²) in [5, 5.41) is 12.4. The number of rotatable bonds is 7. The highest BCUT2D eigenvalue weighted by atomic mass is 32.2. The van der Waals surface area contributed by atoms with Crippen molar-refractivity contribution in [2.24, 2.45) is 0 Å². The highest BCUT2D eigenvalue weighted by molar-refractivity contribution is 8.00. The molecule has 2 heterocycles. The second-order valence-electron chi connectivity index (χ2n) is 8.27. The first-order valence-corrected chi connectivity index (χ1v) is 12.1. The van der Waals surface area contributed by atoms with Crippen LogP contribution in [0.4, 0.5) is 0 Å². The molecule has 0 bridgehead atoms. The predicted molar refractivity (Wildman–Crippen MR) is 129 cm³/mol. The number of hydrogen-bond acceptors (Lipinski definition) is 5. The van der Waals surface area contributed by atoms with E-state index in [4.69, 9.17) is 4.42 Å².